The number of carbonyl (C=O) groups excluding carboxylic acids is 1. The molecule has 0 aliphatic carbocycles. The lowest BCUT2D eigenvalue weighted by atomic mass is 10.2. The zero-order valence-corrected chi connectivity index (χ0v) is 21.4. The number of nitrogens with zero attached hydrogens (tertiary/aromatic N) is 2. The van der Waals surface area contributed by atoms with Crippen LogP contribution in [0.2, 0.25) is 0 Å². The lowest BCUT2D eigenvalue weighted by Crippen LogP contribution is -2.40. The molecule has 2 aliphatic heterocycles. The lowest BCUT2D eigenvalue weighted by Gasteiger charge is -2.27. The van der Waals surface area contributed by atoms with Gasteiger partial charge in [-0.3, -0.25) is 9.10 Å². The molecule has 2 heterocycles. The normalized spacial score (nSPS) is 16.3. The summed E-state index contributed by atoms with van der Waals surface area (Å²) < 4.78 is 75.0. The fourth-order valence-electron chi connectivity index (χ4n) is 3.80. The quantitative estimate of drug-likeness (QED) is 0.516. The second kappa shape index (κ2) is 10.5. The number of hydrogen-bond acceptors (Lipinski definition) is 9. The van der Waals surface area contributed by atoms with E-state index in [0.29, 0.717) is 24.7 Å². The van der Waals surface area contributed by atoms with Crippen LogP contribution in [0.5, 0.6) is 17.2 Å². The van der Waals surface area contributed by atoms with Crippen LogP contribution in [0.25, 0.3) is 0 Å². The van der Waals surface area contributed by atoms with E-state index in [1.165, 1.54) is 41.7 Å². The van der Waals surface area contributed by atoms with Crippen molar-refractivity contribution < 1.29 is 40.6 Å². The van der Waals surface area contributed by atoms with Gasteiger partial charge in [-0.1, -0.05) is 0 Å². The minimum absolute atomic E-state index is 0.114. The van der Waals surface area contributed by atoms with E-state index in [1.807, 2.05) is 0 Å². The van der Waals surface area contributed by atoms with Gasteiger partial charge in [0.1, 0.15) is 30.4 Å². The molecular weight excluding hydrogens is 514 g/mol. The highest BCUT2D eigenvalue weighted by Gasteiger charge is 2.30. The molecule has 0 saturated carbocycles. The van der Waals surface area contributed by atoms with Crippen LogP contribution in [0.15, 0.2) is 41.3 Å². The van der Waals surface area contributed by atoms with Crippen LogP contribution < -0.4 is 23.8 Å². The van der Waals surface area contributed by atoms with Gasteiger partial charge in [0.2, 0.25) is 26.0 Å². The third kappa shape index (κ3) is 5.67. The van der Waals surface area contributed by atoms with E-state index >= 15 is 0 Å². The van der Waals surface area contributed by atoms with Gasteiger partial charge in [-0.2, -0.15) is 4.31 Å². The van der Waals surface area contributed by atoms with Crippen molar-refractivity contribution >= 4 is 37.3 Å². The highest BCUT2D eigenvalue weighted by molar-refractivity contribution is 7.92. The second-order valence-corrected chi connectivity index (χ2v) is 11.8. The number of ether oxygens (including phenoxy) is 4. The summed E-state index contributed by atoms with van der Waals surface area (Å²) in [5.74, 6) is 0.305. The van der Waals surface area contributed by atoms with E-state index in [0.717, 1.165) is 10.6 Å². The Bertz CT molecular complexity index is 1340. The van der Waals surface area contributed by atoms with Gasteiger partial charge < -0.3 is 24.3 Å². The Morgan fingerprint density at radius 2 is 1.69 bits per heavy atom. The summed E-state index contributed by atoms with van der Waals surface area (Å²) in [6.07, 6.45) is 0.984. The van der Waals surface area contributed by atoms with Crippen LogP contribution in [0.3, 0.4) is 0 Å². The number of methoxy groups -OCH3 is 1. The predicted molar refractivity (Wildman–Crippen MR) is 131 cm³/mol. The van der Waals surface area contributed by atoms with Crippen LogP contribution in [-0.2, 0) is 29.6 Å². The van der Waals surface area contributed by atoms with Crippen LogP contribution in [0.1, 0.15) is 0 Å². The number of hydrogen-bond donors (Lipinski definition) is 1. The molecule has 1 saturated heterocycles. The number of morpholine rings is 1. The van der Waals surface area contributed by atoms with Gasteiger partial charge in [-0.25, -0.2) is 16.8 Å². The molecule has 0 radical (unpaired) electrons. The first-order valence-electron chi connectivity index (χ1n) is 11.0. The first-order chi connectivity index (χ1) is 17.1. The highest BCUT2D eigenvalue weighted by Crippen LogP contribution is 2.35. The van der Waals surface area contributed by atoms with Crippen molar-refractivity contribution in [3.63, 3.8) is 0 Å². The molecule has 0 atom stereocenters. The Morgan fingerprint density at radius 1 is 1.00 bits per heavy atom. The molecule has 1 fully saturated rings. The van der Waals surface area contributed by atoms with Crippen molar-refractivity contribution in [3.05, 3.63) is 36.4 Å². The average Bonchev–Trinajstić information content (AvgIpc) is 2.87. The third-order valence-electron chi connectivity index (χ3n) is 5.54. The summed E-state index contributed by atoms with van der Waals surface area (Å²) in [4.78, 5) is 12.8. The van der Waals surface area contributed by atoms with E-state index in [-0.39, 0.29) is 48.3 Å². The van der Waals surface area contributed by atoms with Crippen molar-refractivity contribution in [1.82, 2.24) is 4.31 Å². The Hall–Kier alpha value is -3.07. The number of rotatable bonds is 8. The Morgan fingerprint density at radius 3 is 2.36 bits per heavy atom. The van der Waals surface area contributed by atoms with Gasteiger partial charge in [0, 0.05) is 24.8 Å². The summed E-state index contributed by atoms with van der Waals surface area (Å²) in [6.45, 7) is 1.11. The summed E-state index contributed by atoms with van der Waals surface area (Å²) in [7, 11) is -6.41. The topological polar surface area (TPSA) is 141 Å². The zero-order valence-electron chi connectivity index (χ0n) is 19.8. The maximum atomic E-state index is 13.2. The smallest absolute Gasteiger partial charge is 0.246 e. The van der Waals surface area contributed by atoms with Crippen molar-refractivity contribution in [2.75, 3.05) is 69.0 Å². The molecule has 2 aliphatic rings. The molecule has 2 aromatic carbocycles. The van der Waals surface area contributed by atoms with E-state index in [1.54, 1.807) is 6.07 Å². The molecule has 36 heavy (non-hydrogen) atoms. The molecule has 1 N–H and O–H groups in total. The van der Waals surface area contributed by atoms with Gasteiger partial charge in [-0.15, -0.1) is 0 Å². The van der Waals surface area contributed by atoms with Crippen LogP contribution in [-0.4, -0.2) is 86.5 Å². The molecule has 12 nitrogen and oxygen atoms in total. The molecule has 14 heteroatoms. The fourth-order valence-corrected chi connectivity index (χ4v) is 6.24. The third-order valence-corrected chi connectivity index (χ3v) is 8.60. The largest absolute Gasteiger partial charge is 0.495 e. The highest BCUT2D eigenvalue weighted by atomic mass is 32.2. The van der Waals surface area contributed by atoms with E-state index in [2.05, 4.69) is 5.32 Å². The summed E-state index contributed by atoms with van der Waals surface area (Å²) in [5, 5.41) is 2.58. The molecule has 1 amide bonds. The van der Waals surface area contributed by atoms with E-state index in [9.17, 15) is 21.6 Å². The number of carbonyl (C=O) groups is 1. The average molecular weight is 542 g/mol. The lowest BCUT2D eigenvalue weighted by molar-refractivity contribution is -0.114. The summed E-state index contributed by atoms with van der Waals surface area (Å²) in [5.41, 5.74) is 0.394. The van der Waals surface area contributed by atoms with Crippen molar-refractivity contribution in [2.45, 2.75) is 4.90 Å². The van der Waals surface area contributed by atoms with Crippen LogP contribution >= 0.6 is 0 Å². The molecule has 0 spiro atoms. The molecule has 4 rings (SSSR count). The van der Waals surface area contributed by atoms with E-state index in [4.69, 9.17) is 18.9 Å². The minimum atomic E-state index is -3.92. The maximum absolute atomic E-state index is 13.2. The van der Waals surface area contributed by atoms with Gasteiger partial charge in [0.25, 0.3) is 0 Å². The first kappa shape index (κ1) is 26.0. The van der Waals surface area contributed by atoms with Gasteiger partial charge in [0.15, 0.2) is 11.5 Å². The number of fused-ring (bicyclic) bond motifs is 1. The minimum Gasteiger partial charge on any atom is -0.495 e. The van der Waals surface area contributed by atoms with Gasteiger partial charge >= 0.3 is 0 Å². The Kier molecular flexibility index (Phi) is 7.59. The zero-order chi connectivity index (χ0) is 25.9. The van der Waals surface area contributed by atoms with E-state index < -0.39 is 32.5 Å². The predicted octanol–water partition coefficient (Wildman–Crippen LogP) is 0.892. The molecule has 0 aromatic heterocycles. The van der Waals surface area contributed by atoms with Crippen molar-refractivity contribution in [2.24, 2.45) is 0 Å². The summed E-state index contributed by atoms with van der Waals surface area (Å²) >= 11 is 0. The number of amides is 1. The molecule has 0 unspecified atom stereocenters. The Labute approximate surface area is 209 Å². The number of nitrogens with one attached hydrogen (secondary N) is 1. The summed E-state index contributed by atoms with van der Waals surface area (Å²) in [6, 6.07) is 8.77. The second-order valence-electron chi connectivity index (χ2n) is 8.03. The molecule has 2 aromatic rings. The molecular formula is C22H27N3O9S2. The van der Waals surface area contributed by atoms with Gasteiger partial charge in [0.05, 0.1) is 32.3 Å². The van der Waals surface area contributed by atoms with Gasteiger partial charge in [-0.05, 0) is 30.3 Å². The molecule has 196 valence electrons. The fraction of sp³-hybridized carbons (Fsp3) is 0.409. The monoisotopic (exact) mass is 541 g/mol. The number of benzene rings is 2. The maximum Gasteiger partial charge on any atom is 0.246 e. The standard InChI is InChI=1S/C22H27N3O9S2/c1-31-19-5-3-16(13-21(19)36(29,30)24-7-9-32-10-8-24)23-22(26)15-25(35(2,27)28)17-4-6-18-20(14-17)34-12-11-33-18/h3-6,13-14H,7-12,15H2,1-2H3,(H,23,26). The van der Waals surface area contributed by atoms with Crippen molar-refractivity contribution in [1.29, 1.82) is 0 Å². The SMILES string of the molecule is COc1ccc(NC(=O)CN(c2ccc3c(c2)OCCO3)S(C)(=O)=O)cc1S(=O)(=O)N1CCOCC1. The first-order valence-corrected chi connectivity index (χ1v) is 14.3. The van der Waals surface area contributed by atoms with Crippen LogP contribution in [0.4, 0.5) is 11.4 Å². The van der Waals surface area contributed by atoms with Crippen molar-refractivity contribution in [3.8, 4) is 17.2 Å². The van der Waals surface area contributed by atoms with Crippen LogP contribution in [0, 0.1) is 0 Å². The number of sulfonamides is 2. The Balaban J connectivity index is 1.56. The number of anilines is 2. The molecule has 0 bridgehead atoms.